The van der Waals surface area contributed by atoms with Crippen LogP contribution in [0.3, 0.4) is 0 Å². The van der Waals surface area contributed by atoms with Gasteiger partial charge in [-0.3, -0.25) is 9.59 Å². The molecule has 0 atom stereocenters. The molecule has 0 aliphatic carbocycles. The van der Waals surface area contributed by atoms with Crippen molar-refractivity contribution < 1.29 is 14.3 Å². The highest BCUT2D eigenvalue weighted by Crippen LogP contribution is 2.21. The molecule has 24 heavy (non-hydrogen) atoms. The number of amides is 2. The number of carbonyl (C=O) groups excluding carboxylic acids is 2. The molecule has 0 spiro atoms. The van der Waals surface area contributed by atoms with Gasteiger partial charge < -0.3 is 15.4 Å². The van der Waals surface area contributed by atoms with Crippen LogP contribution in [0.4, 0.5) is 11.4 Å². The van der Waals surface area contributed by atoms with E-state index in [4.69, 9.17) is 16.3 Å². The van der Waals surface area contributed by atoms with E-state index in [1.54, 1.807) is 49.4 Å². The zero-order chi connectivity index (χ0) is 17.5. The number of benzene rings is 2. The molecule has 0 fully saturated rings. The van der Waals surface area contributed by atoms with Gasteiger partial charge in [0.15, 0.2) is 6.61 Å². The van der Waals surface area contributed by atoms with Crippen LogP contribution in [0.15, 0.2) is 42.5 Å². The molecule has 0 aliphatic rings. The van der Waals surface area contributed by atoms with Gasteiger partial charge in [0, 0.05) is 22.8 Å². The first-order valence-corrected chi connectivity index (χ1v) is 7.94. The second-order valence-corrected chi connectivity index (χ2v) is 5.66. The fourth-order valence-corrected chi connectivity index (χ4v) is 2.23. The summed E-state index contributed by atoms with van der Waals surface area (Å²) in [6.07, 6.45) is 0.417. The number of anilines is 2. The third-order valence-electron chi connectivity index (χ3n) is 3.27. The second kappa shape index (κ2) is 8.36. The first kappa shape index (κ1) is 17.8. The fraction of sp³-hybridized carbons (Fsp3) is 0.222. The van der Waals surface area contributed by atoms with Crippen molar-refractivity contribution in [3.63, 3.8) is 0 Å². The Labute approximate surface area is 146 Å². The van der Waals surface area contributed by atoms with Gasteiger partial charge >= 0.3 is 0 Å². The molecule has 0 heterocycles. The lowest BCUT2D eigenvalue weighted by Gasteiger charge is -2.10. The van der Waals surface area contributed by atoms with Crippen LogP contribution in [0.5, 0.6) is 5.75 Å². The van der Waals surface area contributed by atoms with Crippen LogP contribution >= 0.6 is 11.6 Å². The molecule has 2 aromatic carbocycles. The van der Waals surface area contributed by atoms with E-state index in [9.17, 15) is 9.59 Å². The Bertz CT molecular complexity index is 730. The number of aryl methyl sites for hydroxylation is 1. The predicted molar refractivity (Wildman–Crippen MR) is 95.7 cm³/mol. The molecule has 0 aliphatic heterocycles. The molecule has 2 N–H and O–H groups in total. The third-order valence-corrected chi connectivity index (χ3v) is 3.50. The van der Waals surface area contributed by atoms with E-state index in [1.165, 1.54) is 0 Å². The Balaban J connectivity index is 1.86. The maximum absolute atomic E-state index is 11.9. The Hall–Kier alpha value is -2.53. The van der Waals surface area contributed by atoms with Crippen molar-refractivity contribution in [2.45, 2.75) is 20.3 Å². The third kappa shape index (κ3) is 5.28. The van der Waals surface area contributed by atoms with Crippen LogP contribution in [0, 0.1) is 6.92 Å². The zero-order valence-electron chi connectivity index (χ0n) is 13.6. The molecule has 2 rings (SSSR count). The van der Waals surface area contributed by atoms with Crippen molar-refractivity contribution in [3.8, 4) is 5.75 Å². The highest BCUT2D eigenvalue weighted by atomic mass is 35.5. The van der Waals surface area contributed by atoms with Crippen molar-refractivity contribution in [1.29, 1.82) is 0 Å². The van der Waals surface area contributed by atoms with Crippen molar-refractivity contribution in [3.05, 3.63) is 53.1 Å². The molecular formula is C18H19ClN2O3. The van der Waals surface area contributed by atoms with Gasteiger partial charge in [0.25, 0.3) is 5.91 Å². The number of halogens is 1. The smallest absolute Gasteiger partial charge is 0.262 e. The second-order valence-electron chi connectivity index (χ2n) is 5.23. The molecule has 126 valence electrons. The Morgan fingerprint density at radius 1 is 1.00 bits per heavy atom. The van der Waals surface area contributed by atoms with Gasteiger partial charge in [-0.15, -0.1) is 0 Å². The first-order valence-electron chi connectivity index (χ1n) is 7.56. The van der Waals surface area contributed by atoms with Crippen LogP contribution in [-0.2, 0) is 9.59 Å². The summed E-state index contributed by atoms with van der Waals surface area (Å²) in [5.41, 5.74) is 2.19. The van der Waals surface area contributed by atoms with Gasteiger partial charge in [-0.2, -0.15) is 0 Å². The first-order chi connectivity index (χ1) is 11.5. The highest BCUT2D eigenvalue weighted by Gasteiger charge is 2.06. The van der Waals surface area contributed by atoms with E-state index in [-0.39, 0.29) is 18.4 Å². The minimum atomic E-state index is -0.269. The highest BCUT2D eigenvalue weighted by molar-refractivity contribution is 6.30. The molecule has 0 radical (unpaired) electrons. The van der Waals surface area contributed by atoms with Crippen molar-refractivity contribution in [2.24, 2.45) is 0 Å². The Kier molecular flexibility index (Phi) is 6.21. The number of hydrogen-bond donors (Lipinski definition) is 2. The van der Waals surface area contributed by atoms with E-state index in [0.717, 1.165) is 5.56 Å². The van der Waals surface area contributed by atoms with Crippen LogP contribution in [0.2, 0.25) is 5.02 Å². The standard InChI is InChI=1S/C18H19ClN2O3/c1-3-17(22)20-14-5-7-15(8-6-14)21-18(23)11-24-16-9-4-13(19)10-12(16)2/h4-10H,3,11H2,1-2H3,(H,20,22)(H,21,23). The van der Waals surface area contributed by atoms with Crippen molar-refractivity contribution in [1.82, 2.24) is 0 Å². The number of nitrogens with one attached hydrogen (secondary N) is 2. The van der Waals surface area contributed by atoms with E-state index in [1.807, 2.05) is 6.92 Å². The summed E-state index contributed by atoms with van der Waals surface area (Å²) in [6.45, 7) is 3.55. The number of hydrogen-bond acceptors (Lipinski definition) is 3. The lowest BCUT2D eigenvalue weighted by Crippen LogP contribution is -2.20. The summed E-state index contributed by atoms with van der Waals surface area (Å²) in [4.78, 5) is 23.2. The van der Waals surface area contributed by atoms with Gasteiger partial charge in [0.2, 0.25) is 5.91 Å². The lowest BCUT2D eigenvalue weighted by molar-refractivity contribution is -0.118. The Morgan fingerprint density at radius 2 is 1.58 bits per heavy atom. The molecule has 2 aromatic rings. The predicted octanol–water partition coefficient (Wildman–Crippen LogP) is 4.01. The summed E-state index contributed by atoms with van der Waals surface area (Å²) in [7, 11) is 0. The Morgan fingerprint density at radius 3 is 2.12 bits per heavy atom. The average Bonchev–Trinajstić information content (AvgIpc) is 2.55. The van der Waals surface area contributed by atoms with Gasteiger partial charge in [-0.05, 0) is 55.0 Å². The van der Waals surface area contributed by atoms with Gasteiger partial charge in [0.1, 0.15) is 5.75 Å². The zero-order valence-corrected chi connectivity index (χ0v) is 14.3. The molecule has 0 saturated carbocycles. The maximum Gasteiger partial charge on any atom is 0.262 e. The van der Waals surface area contributed by atoms with Gasteiger partial charge in [0.05, 0.1) is 0 Å². The number of rotatable bonds is 6. The van der Waals surface area contributed by atoms with Gasteiger partial charge in [-0.1, -0.05) is 18.5 Å². The van der Waals surface area contributed by atoms with E-state index in [0.29, 0.717) is 28.6 Å². The molecular weight excluding hydrogens is 328 g/mol. The number of ether oxygens (including phenoxy) is 1. The summed E-state index contributed by atoms with van der Waals surface area (Å²) in [5.74, 6) is 0.292. The largest absolute Gasteiger partial charge is 0.483 e. The summed E-state index contributed by atoms with van der Waals surface area (Å²) in [6, 6.07) is 12.1. The minimum Gasteiger partial charge on any atom is -0.483 e. The van der Waals surface area contributed by atoms with E-state index >= 15 is 0 Å². The van der Waals surface area contributed by atoms with Crippen LogP contribution in [-0.4, -0.2) is 18.4 Å². The molecule has 0 aromatic heterocycles. The summed E-state index contributed by atoms with van der Waals surface area (Å²) in [5, 5.41) is 6.10. The number of carbonyl (C=O) groups is 2. The quantitative estimate of drug-likeness (QED) is 0.830. The molecule has 5 nitrogen and oxygen atoms in total. The average molecular weight is 347 g/mol. The van der Waals surface area contributed by atoms with Crippen molar-refractivity contribution in [2.75, 3.05) is 17.2 Å². The van der Waals surface area contributed by atoms with Crippen LogP contribution < -0.4 is 15.4 Å². The SMILES string of the molecule is CCC(=O)Nc1ccc(NC(=O)COc2ccc(Cl)cc2C)cc1. The molecule has 0 unspecified atom stereocenters. The fourth-order valence-electron chi connectivity index (χ4n) is 2.00. The van der Waals surface area contributed by atoms with Crippen LogP contribution in [0.25, 0.3) is 0 Å². The topological polar surface area (TPSA) is 67.4 Å². The molecule has 0 saturated heterocycles. The van der Waals surface area contributed by atoms with E-state index in [2.05, 4.69) is 10.6 Å². The van der Waals surface area contributed by atoms with E-state index < -0.39 is 0 Å². The normalized spacial score (nSPS) is 10.1. The maximum atomic E-state index is 11.9. The molecule has 2 amide bonds. The summed E-state index contributed by atoms with van der Waals surface area (Å²) >= 11 is 5.88. The molecule has 6 heteroatoms. The lowest BCUT2D eigenvalue weighted by atomic mass is 10.2. The van der Waals surface area contributed by atoms with Gasteiger partial charge in [-0.25, -0.2) is 0 Å². The minimum absolute atomic E-state index is 0.0569. The molecule has 0 bridgehead atoms. The summed E-state index contributed by atoms with van der Waals surface area (Å²) < 4.78 is 5.49. The monoisotopic (exact) mass is 346 g/mol. The van der Waals surface area contributed by atoms with Crippen molar-refractivity contribution >= 4 is 34.8 Å². The van der Waals surface area contributed by atoms with Crippen LogP contribution in [0.1, 0.15) is 18.9 Å².